The van der Waals surface area contributed by atoms with Crippen LogP contribution in [-0.4, -0.2) is 42.3 Å². The van der Waals surface area contributed by atoms with Crippen molar-refractivity contribution in [3.05, 3.63) is 100 Å². The SMILES string of the molecule is CCOC(=O)[C@H](O)CNC(=O)c1ccc(C(NC(=O)Nc2cc(C(F)(F)F)cc(C(F)(F)F)c2)c2ccc(C3CCCCC3)cc2)cc1. The van der Waals surface area contributed by atoms with Crippen molar-refractivity contribution >= 4 is 23.6 Å². The number of rotatable bonds is 10. The Balaban J connectivity index is 1.58. The molecule has 48 heavy (non-hydrogen) atoms. The molecule has 0 saturated heterocycles. The predicted molar refractivity (Wildman–Crippen MR) is 164 cm³/mol. The number of nitrogens with one attached hydrogen (secondary N) is 3. The molecule has 1 unspecified atom stereocenters. The first-order chi connectivity index (χ1) is 22.7. The highest BCUT2D eigenvalue weighted by atomic mass is 19.4. The molecule has 3 amide bonds. The fraction of sp³-hybridized carbons (Fsp3) is 0.382. The number of anilines is 1. The van der Waals surface area contributed by atoms with Gasteiger partial charge in [-0.25, -0.2) is 9.59 Å². The molecule has 1 aliphatic carbocycles. The van der Waals surface area contributed by atoms with Gasteiger partial charge in [-0.05, 0) is 72.7 Å². The predicted octanol–water partition coefficient (Wildman–Crippen LogP) is 7.34. The molecule has 3 aromatic rings. The topological polar surface area (TPSA) is 117 Å². The Morgan fingerprint density at radius 2 is 1.38 bits per heavy atom. The van der Waals surface area contributed by atoms with Crippen LogP contribution in [0.5, 0.6) is 0 Å². The summed E-state index contributed by atoms with van der Waals surface area (Å²) in [7, 11) is 0. The van der Waals surface area contributed by atoms with E-state index in [1.54, 1.807) is 19.1 Å². The molecular formula is C34H35F6N3O5. The van der Waals surface area contributed by atoms with E-state index in [0.29, 0.717) is 29.2 Å². The van der Waals surface area contributed by atoms with Gasteiger partial charge < -0.3 is 25.8 Å². The lowest BCUT2D eigenvalue weighted by Crippen LogP contribution is -2.37. The summed E-state index contributed by atoms with van der Waals surface area (Å²) in [6, 6.07) is 12.1. The fourth-order valence-electron chi connectivity index (χ4n) is 5.52. The number of urea groups is 1. The lowest BCUT2D eigenvalue weighted by atomic mass is 9.83. The van der Waals surface area contributed by atoms with E-state index in [0.717, 1.165) is 31.2 Å². The minimum Gasteiger partial charge on any atom is -0.464 e. The zero-order chi connectivity index (χ0) is 35.1. The van der Waals surface area contributed by atoms with Crippen molar-refractivity contribution < 1.29 is 50.6 Å². The Kier molecular flexibility index (Phi) is 11.7. The number of hydrogen-bond acceptors (Lipinski definition) is 5. The monoisotopic (exact) mass is 679 g/mol. The number of esters is 1. The Morgan fingerprint density at radius 3 is 1.90 bits per heavy atom. The van der Waals surface area contributed by atoms with Gasteiger partial charge in [-0.3, -0.25) is 4.79 Å². The molecule has 258 valence electrons. The largest absolute Gasteiger partial charge is 0.464 e. The van der Waals surface area contributed by atoms with Gasteiger partial charge in [-0.2, -0.15) is 26.3 Å². The molecule has 3 aromatic carbocycles. The molecule has 2 atom stereocenters. The molecule has 8 nitrogen and oxygen atoms in total. The van der Waals surface area contributed by atoms with Crippen LogP contribution in [-0.2, 0) is 21.9 Å². The molecule has 0 aliphatic heterocycles. The smallest absolute Gasteiger partial charge is 0.416 e. The summed E-state index contributed by atoms with van der Waals surface area (Å²) in [6.07, 6.45) is -6.27. The Labute approximate surface area is 272 Å². The van der Waals surface area contributed by atoms with Crippen LogP contribution in [0.1, 0.15) is 89.2 Å². The molecule has 0 heterocycles. The average molecular weight is 680 g/mol. The van der Waals surface area contributed by atoms with Crippen molar-refractivity contribution in [1.29, 1.82) is 0 Å². The average Bonchev–Trinajstić information content (AvgIpc) is 3.05. The van der Waals surface area contributed by atoms with E-state index in [1.807, 2.05) is 12.1 Å². The van der Waals surface area contributed by atoms with E-state index in [1.165, 1.54) is 30.7 Å². The summed E-state index contributed by atoms with van der Waals surface area (Å²) in [4.78, 5) is 37.4. The van der Waals surface area contributed by atoms with Crippen molar-refractivity contribution in [3.8, 4) is 0 Å². The van der Waals surface area contributed by atoms with E-state index >= 15 is 0 Å². The molecule has 4 rings (SSSR count). The van der Waals surface area contributed by atoms with Crippen molar-refractivity contribution in [2.75, 3.05) is 18.5 Å². The number of amides is 3. The summed E-state index contributed by atoms with van der Waals surface area (Å²) in [6.45, 7) is 1.22. The van der Waals surface area contributed by atoms with Crippen LogP contribution < -0.4 is 16.0 Å². The molecule has 1 fully saturated rings. The van der Waals surface area contributed by atoms with Crippen LogP contribution >= 0.6 is 0 Å². The van der Waals surface area contributed by atoms with E-state index in [4.69, 9.17) is 4.74 Å². The number of benzene rings is 3. The first-order valence-electron chi connectivity index (χ1n) is 15.4. The highest BCUT2D eigenvalue weighted by molar-refractivity contribution is 5.94. The third-order valence-corrected chi connectivity index (χ3v) is 7.99. The second-order valence-electron chi connectivity index (χ2n) is 11.4. The van der Waals surface area contributed by atoms with Crippen LogP contribution in [0.2, 0.25) is 0 Å². The number of aliphatic hydroxyl groups excluding tert-OH is 1. The number of halogens is 6. The van der Waals surface area contributed by atoms with Gasteiger partial charge in [-0.15, -0.1) is 0 Å². The van der Waals surface area contributed by atoms with E-state index in [9.17, 15) is 45.8 Å². The van der Waals surface area contributed by atoms with Crippen molar-refractivity contribution in [3.63, 3.8) is 0 Å². The summed E-state index contributed by atoms with van der Waals surface area (Å²) in [5.74, 6) is -1.13. The number of aliphatic hydroxyl groups is 1. The highest BCUT2D eigenvalue weighted by Gasteiger charge is 2.37. The second-order valence-corrected chi connectivity index (χ2v) is 11.4. The van der Waals surface area contributed by atoms with Gasteiger partial charge in [0.15, 0.2) is 6.10 Å². The molecule has 0 bridgehead atoms. The first-order valence-corrected chi connectivity index (χ1v) is 15.4. The Bertz CT molecular complexity index is 1540. The number of carbonyl (C=O) groups is 3. The van der Waals surface area contributed by atoms with Gasteiger partial charge in [0.1, 0.15) is 0 Å². The van der Waals surface area contributed by atoms with Gasteiger partial charge in [0.05, 0.1) is 30.3 Å². The summed E-state index contributed by atoms with van der Waals surface area (Å²) in [5, 5.41) is 17.0. The Morgan fingerprint density at radius 1 is 0.833 bits per heavy atom. The highest BCUT2D eigenvalue weighted by Crippen LogP contribution is 2.38. The summed E-state index contributed by atoms with van der Waals surface area (Å²) in [5.41, 5.74) is -1.59. The van der Waals surface area contributed by atoms with E-state index in [-0.39, 0.29) is 18.2 Å². The third-order valence-electron chi connectivity index (χ3n) is 7.99. The molecule has 0 radical (unpaired) electrons. The number of ether oxygens (including phenoxy) is 1. The molecule has 0 aromatic heterocycles. The molecule has 4 N–H and O–H groups in total. The lowest BCUT2D eigenvalue weighted by Gasteiger charge is -2.24. The first kappa shape index (κ1) is 36.2. The van der Waals surface area contributed by atoms with Gasteiger partial charge in [0.2, 0.25) is 0 Å². The molecule has 14 heteroatoms. The molecule has 0 spiro atoms. The zero-order valence-electron chi connectivity index (χ0n) is 25.9. The van der Waals surface area contributed by atoms with Crippen LogP contribution in [0.4, 0.5) is 36.8 Å². The van der Waals surface area contributed by atoms with E-state index in [2.05, 4.69) is 16.0 Å². The number of alkyl halides is 6. The maximum atomic E-state index is 13.4. The van der Waals surface area contributed by atoms with Gasteiger partial charge >= 0.3 is 24.4 Å². The molecule has 1 aliphatic rings. The van der Waals surface area contributed by atoms with E-state index < -0.39 is 65.8 Å². The van der Waals surface area contributed by atoms with Crippen molar-refractivity contribution in [2.45, 2.75) is 69.4 Å². The van der Waals surface area contributed by atoms with Gasteiger partial charge in [0.25, 0.3) is 5.91 Å². The zero-order valence-corrected chi connectivity index (χ0v) is 25.9. The van der Waals surface area contributed by atoms with Crippen LogP contribution in [0.3, 0.4) is 0 Å². The van der Waals surface area contributed by atoms with Crippen molar-refractivity contribution in [1.82, 2.24) is 10.6 Å². The fourth-order valence-corrected chi connectivity index (χ4v) is 5.52. The maximum Gasteiger partial charge on any atom is 0.416 e. The van der Waals surface area contributed by atoms with Crippen molar-refractivity contribution in [2.24, 2.45) is 0 Å². The maximum absolute atomic E-state index is 13.4. The minimum atomic E-state index is -5.10. The van der Waals surface area contributed by atoms with Gasteiger partial charge in [0, 0.05) is 11.3 Å². The standard InChI is InChI=1S/C34H35F6N3O5/c1-2-48-31(46)28(44)19-41-30(45)24-14-12-23(13-15-24)29(22-10-8-21(9-11-22)20-6-4-3-5-7-20)43-32(47)42-27-17-25(33(35,36)37)16-26(18-27)34(38,39)40/h8-18,20,28-29,44H,2-7,19H2,1H3,(H,41,45)(H2,42,43,47)/t28-,29?/m1/s1. The molecular weight excluding hydrogens is 644 g/mol. The number of carbonyl (C=O) groups excluding carboxylic acids is 3. The summed E-state index contributed by atoms with van der Waals surface area (Å²) >= 11 is 0. The second kappa shape index (κ2) is 15.5. The third kappa shape index (κ3) is 9.72. The van der Waals surface area contributed by atoms with Crippen LogP contribution in [0, 0.1) is 0 Å². The lowest BCUT2D eigenvalue weighted by molar-refractivity contribution is -0.152. The number of hydrogen-bond donors (Lipinski definition) is 4. The quantitative estimate of drug-likeness (QED) is 0.132. The van der Waals surface area contributed by atoms with Crippen LogP contribution in [0.15, 0.2) is 66.7 Å². The Hall–Kier alpha value is -4.59. The minimum absolute atomic E-state index is 0.0327. The normalized spacial score (nSPS) is 15.2. The van der Waals surface area contributed by atoms with Gasteiger partial charge in [-0.1, -0.05) is 55.7 Å². The molecule has 1 saturated carbocycles. The summed E-state index contributed by atoms with van der Waals surface area (Å²) < 4.78 is 85.0. The van der Waals surface area contributed by atoms with Crippen LogP contribution in [0.25, 0.3) is 0 Å².